The molecule has 1 aliphatic rings. The normalized spacial score (nSPS) is 15.8. The van der Waals surface area contributed by atoms with E-state index in [4.69, 9.17) is 9.47 Å². The van der Waals surface area contributed by atoms with Crippen LogP contribution in [0, 0.1) is 0 Å². The lowest BCUT2D eigenvalue weighted by Gasteiger charge is -2.20. The zero-order valence-electron chi connectivity index (χ0n) is 13.5. The smallest absolute Gasteiger partial charge is 0.347 e. The van der Waals surface area contributed by atoms with E-state index < -0.39 is 18.0 Å². The molecule has 0 aliphatic carbocycles. The van der Waals surface area contributed by atoms with Crippen LogP contribution in [0.25, 0.3) is 0 Å². The summed E-state index contributed by atoms with van der Waals surface area (Å²) in [6.45, 7) is 6.89. The van der Waals surface area contributed by atoms with Gasteiger partial charge in [-0.3, -0.25) is 4.99 Å². The molecule has 0 saturated carbocycles. The Hall–Kier alpha value is -2.22. The number of hydrogen-bond acceptors (Lipinski definition) is 8. The van der Waals surface area contributed by atoms with Crippen LogP contribution in [0.3, 0.4) is 0 Å². The van der Waals surface area contributed by atoms with Crippen molar-refractivity contribution in [2.45, 2.75) is 39.9 Å². The minimum atomic E-state index is -0.963. The van der Waals surface area contributed by atoms with Gasteiger partial charge in [0.05, 0.1) is 18.2 Å². The van der Waals surface area contributed by atoms with Gasteiger partial charge in [-0.05, 0) is 27.7 Å². The van der Waals surface area contributed by atoms with E-state index in [1.807, 2.05) is 5.38 Å². The van der Waals surface area contributed by atoms with Crippen molar-refractivity contribution in [3.63, 3.8) is 0 Å². The van der Waals surface area contributed by atoms with Crippen molar-refractivity contribution in [1.29, 1.82) is 0 Å². The molecule has 0 unspecified atom stereocenters. The van der Waals surface area contributed by atoms with Crippen molar-refractivity contribution in [2.24, 2.45) is 4.99 Å². The standard InChI is InChI=1S/C15H19N3O4S/c1-8(2)21-14(19)10(4)22-15(20)11-7-17-12(18-9(11)3)13-16-5-6-23-13/h5-6,8,10H,7H2,1-4H3,(H,17,18)/t10-/m0/s1. The van der Waals surface area contributed by atoms with Gasteiger partial charge in [-0.15, -0.1) is 11.3 Å². The molecule has 1 aromatic heterocycles. The summed E-state index contributed by atoms with van der Waals surface area (Å²) in [5.41, 5.74) is 1.02. The Morgan fingerprint density at radius 1 is 1.30 bits per heavy atom. The summed E-state index contributed by atoms with van der Waals surface area (Å²) in [4.78, 5) is 32.4. The van der Waals surface area contributed by atoms with Gasteiger partial charge in [-0.2, -0.15) is 0 Å². The molecule has 0 aromatic carbocycles. The Morgan fingerprint density at radius 3 is 2.61 bits per heavy atom. The number of nitrogens with zero attached hydrogens (tertiary/aromatic N) is 2. The van der Waals surface area contributed by atoms with Crippen molar-refractivity contribution in [3.05, 3.63) is 27.9 Å². The van der Waals surface area contributed by atoms with Gasteiger partial charge in [0.2, 0.25) is 0 Å². The van der Waals surface area contributed by atoms with Gasteiger partial charge in [-0.1, -0.05) is 0 Å². The van der Waals surface area contributed by atoms with E-state index in [0.717, 1.165) is 5.01 Å². The number of rotatable bonds is 5. The third-order valence-electron chi connectivity index (χ3n) is 3.00. The highest BCUT2D eigenvalue weighted by atomic mass is 32.1. The van der Waals surface area contributed by atoms with E-state index in [0.29, 0.717) is 17.1 Å². The molecule has 0 saturated heterocycles. The third kappa shape index (κ3) is 4.38. The molecule has 0 amide bonds. The van der Waals surface area contributed by atoms with Crippen molar-refractivity contribution >= 4 is 29.1 Å². The fourth-order valence-electron chi connectivity index (χ4n) is 1.86. The Bertz CT molecular complexity index is 650. The lowest BCUT2D eigenvalue weighted by molar-refractivity contribution is -0.167. The maximum absolute atomic E-state index is 12.2. The number of carbonyl (C=O) groups is 2. The number of aliphatic imine (C=N–C) groups is 1. The van der Waals surface area contributed by atoms with Crippen LogP contribution in [-0.4, -0.2) is 41.5 Å². The lowest BCUT2D eigenvalue weighted by atomic mass is 10.2. The molecule has 0 spiro atoms. The van der Waals surface area contributed by atoms with E-state index in [1.165, 1.54) is 18.3 Å². The van der Waals surface area contributed by atoms with E-state index in [-0.39, 0.29) is 12.6 Å². The van der Waals surface area contributed by atoms with Gasteiger partial charge >= 0.3 is 11.9 Å². The molecule has 1 N–H and O–H groups in total. The molecule has 2 heterocycles. The molecule has 124 valence electrons. The average molecular weight is 337 g/mol. The fraction of sp³-hybridized carbons (Fsp3) is 0.467. The first kappa shape index (κ1) is 17.1. The molecular formula is C15H19N3O4S. The summed E-state index contributed by atoms with van der Waals surface area (Å²) in [6, 6.07) is 0. The van der Waals surface area contributed by atoms with Crippen LogP contribution in [0.5, 0.6) is 0 Å². The quantitative estimate of drug-likeness (QED) is 0.822. The van der Waals surface area contributed by atoms with Gasteiger partial charge in [-0.25, -0.2) is 14.6 Å². The number of thiazole rings is 1. The van der Waals surface area contributed by atoms with Crippen molar-refractivity contribution in [1.82, 2.24) is 10.3 Å². The van der Waals surface area contributed by atoms with E-state index >= 15 is 0 Å². The fourth-order valence-corrected chi connectivity index (χ4v) is 2.46. The summed E-state index contributed by atoms with van der Waals surface area (Å²) in [6.07, 6.45) is 0.468. The van der Waals surface area contributed by atoms with Crippen molar-refractivity contribution in [2.75, 3.05) is 6.54 Å². The number of hydrogen-bond donors (Lipinski definition) is 1. The second-order valence-corrected chi connectivity index (χ2v) is 6.16. The van der Waals surface area contributed by atoms with Crippen molar-refractivity contribution < 1.29 is 19.1 Å². The number of ether oxygens (including phenoxy) is 2. The van der Waals surface area contributed by atoms with Gasteiger partial charge in [0, 0.05) is 17.3 Å². The van der Waals surface area contributed by atoms with E-state index in [1.54, 1.807) is 27.0 Å². The van der Waals surface area contributed by atoms with Crippen molar-refractivity contribution in [3.8, 4) is 0 Å². The molecule has 2 rings (SSSR count). The van der Waals surface area contributed by atoms with Gasteiger partial charge in [0.15, 0.2) is 16.9 Å². The zero-order chi connectivity index (χ0) is 17.0. The SMILES string of the molecule is CC1=C(C(=O)O[C@@H](C)C(=O)OC(C)C)CN=C(c2nccs2)N1. The molecule has 1 aliphatic heterocycles. The molecule has 1 atom stereocenters. The first-order valence-corrected chi connectivity index (χ1v) is 8.09. The zero-order valence-corrected chi connectivity index (χ0v) is 14.3. The monoisotopic (exact) mass is 337 g/mol. The van der Waals surface area contributed by atoms with Gasteiger partial charge < -0.3 is 14.8 Å². The molecule has 0 fully saturated rings. The Morgan fingerprint density at radius 2 is 2.04 bits per heavy atom. The van der Waals surface area contributed by atoms with Crippen LogP contribution in [-0.2, 0) is 19.1 Å². The molecule has 1 aromatic rings. The van der Waals surface area contributed by atoms with Crippen LogP contribution in [0.1, 0.15) is 32.7 Å². The second-order valence-electron chi connectivity index (χ2n) is 5.26. The minimum Gasteiger partial charge on any atom is -0.460 e. The van der Waals surface area contributed by atoms with Crippen LogP contribution in [0.2, 0.25) is 0 Å². The highest BCUT2D eigenvalue weighted by Crippen LogP contribution is 2.15. The molecule has 23 heavy (non-hydrogen) atoms. The highest BCUT2D eigenvalue weighted by Gasteiger charge is 2.26. The molecular weight excluding hydrogens is 318 g/mol. The molecule has 8 heteroatoms. The number of nitrogens with one attached hydrogen (secondary N) is 1. The summed E-state index contributed by atoms with van der Waals surface area (Å²) in [5.74, 6) is -0.520. The maximum Gasteiger partial charge on any atom is 0.347 e. The molecule has 0 radical (unpaired) electrons. The molecule has 7 nitrogen and oxygen atoms in total. The van der Waals surface area contributed by atoms with E-state index in [9.17, 15) is 9.59 Å². The predicted molar refractivity (Wildman–Crippen MR) is 86.1 cm³/mol. The van der Waals surface area contributed by atoms with Gasteiger partial charge in [0.1, 0.15) is 0 Å². The highest BCUT2D eigenvalue weighted by molar-refractivity contribution is 7.11. The van der Waals surface area contributed by atoms with Crippen LogP contribution >= 0.6 is 11.3 Å². The van der Waals surface area contributed by atoms with E-state index in [2.05, 4.69) is 15.3 Å². The number of esters is 2. The van der Waals surface area contributed by atoms with Gasteiger partial charge in [0.25, 0.3) is 0 Å². The third-order valence-corrected chi connectivity index (χ3v) is 3.78. The number of allylic oxidation sites excluding steroid dienone is 1. The average Bonchev–Trinajstić information content (AvgIpc) is 3.00. The maximum atomic E-state index is 12.2. The summed E-state index contributed by atoms with van der Waals surface area (Å²) in [7, 11) is 0. The number of carbonyl (C=O) groups excluding carboxylic acids is 2. The number of aromatic nitrogens is 1. The Labute approximate surface area is 138 Å². The summed E-state index contributed by atoms with van der Waals surface area (Å²) >= 11 is 1.46. The predicted octanol–water partition coefficient (Wildman–Crippen LogP) is 1.65. The summed E-state index contributed by atoms with van der Waals surface area (Å²) in [5, 5.41) is 5.65. The molecule has 0 bridgehead atoms. The van der Waals surface area contributed by atoms with Crippen LogP contribution < -0.4 is 5.32 Å². The number of amidine groups is 1. The second kappa shape index (κ2) is 7.36. The topological polar surface area (TPSA) is 89.9 Å². The Kier molecular flexibility index (Phi) is 5.49. The van der Waals surface area contributed by atoms with Crippen LogP contribution in [0.15, 0.2) is 27.8 Å². The van der Waals surface area contributed by atoms with Crippen LogP contribution in [0.4, 0.5) is 0 Å². The Balaban J connectivity index is 1.98. The summed E-state index contributed by atoms with van der Waals surface area (Å²) < 4.78 is 10.2. The minimum absolute atomic E-state index is 0.179. The lowest BCUT2D eigenvalue weighted by Crippen LogP contribution is -2.34. The first-order chi connectivity index (χ1) is 10.9. The first-order valence-electron chi connectivity index (χ1n) is 7.21. The largest absolute Gasteiger partial charge is 0.460 e.